The van der Waals surface area contributed by atoms with E-state index in [2.05, 4.69) is 99.5 Å². The summed E-state index contributed by atoms with van der Waals surface area (Å²) in [6.07, 6.45) is 5.47. The van der Waals surface area contributed by atoms with Crippen LogP contribution in [0.25, 0.3) is 82.6 Å². The lowest BCUT2D eigenvalue weighted by atomic mass is 10.1. The molecule has 0 fully saturated rings. The first-order valence-electron chi connectivity index (χ1n) is 13.5. The van der Waals surface area contributed by atoms with Crippen molar-refractivity contribution in [3.8, 4) is 17.1 Å². The largest absolute Gasteiger partial charge is 0.278 e. The maximum atomic E-state index is 5.13. The summed E-state index contributed by atoms with van der Waals surface area (Å²) in [7, 11) is 0. The lowest BCUT2D eigenvalue weighted by Crippen LogP contribution is -1.99. The van der Waals surface area contributed by atoms with Crippen LogP contribution < -0.4 is 0 Å². The number of nitrogens with zero attached hydrogens (tertiary/aromatic N) is 6. The normalized spacial score (nSPS) is 11.9. The van der Waals surface area contributed by atoms with Gasteiger partial charge in [0, 0.05) is 56.5 Å². The highest BCUT2D eigenvalue weighted by Gasteiger charge is 2.16. The summed E-state index contributed by atoms with van der Waals surface area (Å²) in [6, 6.07) is 35.4. The maximum absolute atomic E-state index is 5.13. The van der Waals surface area contributed by atoms with Gasteiger partial charge in [-0.25, -0.2) is 15.0 Å². The summed E-state index contributed by atoms with van der Waals surface area (Å²) in [5, 5.41) is 6.45. The second kappa shape index (κ2) is 8.37. The van der Waals surface area contributed by atoms with Crippen LogP contribution in [0.5, 0.6) is 0 Å². The predicted octanol–water partition coefficient (Wildman–Crippen LogP) is 8.04. The van der Waals surface area contributed by atoms with E-state index in [1.807, 2.05) is 36.8 Å². The highest BCUT2D eigenvalue weighted by atomic mass is 15.1. The maximum Gasteiger partial charge on any atom is 0.146 e. The Bertz CT molecular complexity index is 2490. The zero-order chi connectivity index (χ0) is 26.9. The van der Waals surface area contributed by atoms with Gasteiger partial charge in [-0.3, -0.25) is 14.5 Å². The molecule has 41 heavy (non-hydrogen) atoms. The average molecular weight is 525 g/mol. The summed E-state index contributed by atoms with van der Waals surface area (Å²) in [5.41, 5.74) is 7.44. The molecule has 6 nitrogen and oxygen atoms in total. The van der Waals surface area contributed by atoms with Crippen LogP contribution in [0.1, 0.15) is 0 Å². The Labute approximate surface area is 233 Å². The fraction of sp³-hybridized carbons (Fsp3) is 0. The Hall–Kier alpha value is -5.75. The van der Waals surface area contributed by atoms with E-state index in [-0.39, 0.29) is 0 Å². The Balaban J connectivity index is 1.28. The van der Waals surface area contributed by atoms with Gasteiger partial charge in [-0.2, -0.15) is 0 Å². The summed E-state index contributed by atoms with van der Waals surface area (Å²) < 4.78 is 2.14. The molecule has 0 N–H and O–H groups in total. The molecule has 0 unspecified atom stereocenters. The standard InChI is InChI=1S/C35H20N6/c1-4-21-7-9-23-11-14-28(39-33(23)31(21)36-17-1)25-12-15-29-27(20-25)26-6-3-19-38-35(26)41(29)30-16-13-24-10-8-22-5-2-18-37-32(22)34(24)40-30/h1-20H. The lowest BCUT2D eigenvalue weighted by Gasteiger charge is -2.09. The molecule has 0 atom stereocenters. The minimum Gasteiger partial charge on any atom is -0.278 e. The van der Waals surface area contributed by atoms with Crippen molar-refractivity contribution in [2.75, 3.05) is 0 Å². The molecule has 9 aromatic rings. The molecular weight excluding hydrogens is 504 g/mol. The summed E-state index contributed by atoms with van der Waals surface area (Å²) >= 11 is 0. The van der Waals surface area contributed by atoms with Crippen LogP contribution in [0.15, 0.2) is 122 Å². The first kappa shape index (κ1) is 22.1. The van der Waals surface area contributed by atoms with E-state index in [1.165, 1.54) is 0 Å². The van der Waals surface area contributed by atoms with Crippen LogP contribution in [-0.4, -0.2) is 29.5 Å². The lowest BCUT2D eigenvalue weighted by molar-refractivity contribution is 1.07. The Morgan fingerprint density at radius 3 is 1.83 bits per heavy atom. The van der Waals surface area contributed by atoms with Crippen LogP contribution in [-0.2, 0) is 0 Å². The molecule has 0 amide bonds. The van der Waals surface area contributed by atoms with Crippen molar-refractivity contribution in [3.05, 3.63) is 122 Å². The molecule has 0 radical (unpaired) electrons. The molecule has 0 aliphatic rings. The molecule has 3 aromatic carbocycles. The number of hydrogen-bond donors (Lipinski definition) is 0. The van der Waals surface area contributed by atoms with E-state index in [1.54, 1.807) is 0 Å². The fourth-order valence-electron chi connectivity index (χ4n) is 5.96. The second-order valence-corrected chi connectivity index (χ2v) is 10.2. The van der Waals surface area contributed by atoms with E-state index in [0.29, 0.717) is 0 Å². The highest BCUT2D eigenvalue weighted by Crippen LogP contribution is 2.35. The van der Waals surface area contributed by atoms with Gasteiger partial charge in [-0.05, 0) is 54.6 Å². The minimum absolute atomic E-state index is 0.809. The number of rotatable bonds is 2. The quantitative estimate of drug-likeness (QED) is 0.214. The van der Waals surface area contributed by atoms with Crippen LogP contribution >= 0.6 is 0 Å². The molecule has 6 heteroatoms. The zero-order valence-electron chi connectivity index (χ0n) is 21.7. The van der Waals surface area contributed by atoms with Gasteiger partial charge in [0.15, 0.2) is 0 Å². The van der Waals surface area contributed by atoms with Gasteiger partial charge in [-0.15, -0.1) is 0 Å². The first-order valence-corrected chi connectivity index (χ1v) is 13.5. The summed E-state index contributed by atoms with van der Waals surface area (Å²) in [5.74, 6) is 0.809. The van der Waals surface area contributed by atoms with Crippen LogP contribution in [0.3, 0.4) is 0 Å². The second-order valence-electron chi connectivity index (χ2n) is 10.2. The monoisotopic (exact) mass is 524 g/mol. The van der Waals surface area contributed by atoms with E-state index in [9.17, 15) is 0 Å². The van der Waals surface area contributed by atoms with Crippen molar-refractivity contribution in [3.63, 3.8) is 0 Å². The third-order valence-corrected chi connectivity index (χ3v) is 7.90. The topological polar surface area (TPSA) is 69.4 Å². The van der Waals surface area contributed by atoms with Gasteiger partial charge in [0.2, 0.25) is 0 Å². The summed E-state index contributed by atoms with van der Waals surface area (Å²) in [6.45, 7) is 0. The highest BCUT2D eigenvalue weighted by molar-refractivity contribution is 6.10. The molecule has 6 aromatic heterocycles. The fourth-order valence-corrected chi connectivity index (χ4v) is 5.96. The number of hydrogen-bond acceptors (Lipinski definition) is 5. The van der Waals surface area contributed by atoms with Crippen LogP contribution in [0.2, 0.25) is 0 Å². The van der Waals surface area contributed by atoms with Gasteiger partial charge in [-0.1, -0.05) is 48.5 Å². The number of benzene rings is 3. The van der Waals surface area contributed by atoms with Gasteiger partial charge in [0.05, 0.1) is 33.3 Å². The number of aromatic nitrogens is 6. The van der Waals surface area contributed by atoms with Gasteiger partial charge < -0.3 is 0 Å². The predicted molar refractivity (Wildman–Crippen MR) is 165 cm³/mol. The molecule has 0 spiro atoms. The van der Waals surface area contributed by atoms with E-state index in [0.717, 1.165) is 82.6 Å². The molecule has 0 aliphatic heterocycles. The van der Waals surface area contributed by atoms with Crippen LogP contribution in [0, 0.1) is 0 Å². The molecule has 6 heterocycles. The van der Waals surface area contributed by atoms with Gasteiger partial charge >= 0.3 is 0 Å². The number of pyridine rings is 5. The van der Waals surface area contributed by atoms with Crippen molar-refractivity contribution >= 4 is 65.5 Å². The van der Waals surface area contributed by atoms with Crippen molar-refractivity contribution in [2.24, 2.45) is 0 Å². The van der Waals surface area contributed by atoms with E-state index >= 15 is 0 Å². The van der Waals surface area contributed by atoms with Crippen molar-refractivity contribution < 1.29 is 0 Å². The Morgan fingerprint density at radius 2 is 1.07 bits per heavy atom. The molecule has 0 saturated heterocycles. The minimum atomic E-state index is 0.809. The van der Waals surface area contributed by atoms with Crippen molar-refractivity contribution in [2.45, 2.75) is 0 Å². The van der Waals surface area contributed by atoms with Gasteiger partial charge in [0.25, 0.3) is 0 Å². The average Bonchev–Trinajstić information content (AvgIpc) is 3.38. The molecule has 9 rings (SSSR count). The van der Waals surface area contributed by atoms with E-state index in [4.69, 9.17) is 15.0 Å². The van der Waals surface area contributed by atoms with Crippen molar-refractivity contribution in [1.29, 1.82) is 0 Å². The molecular formula is C35H20N6. The Kier molecular flexibility index (Phi) is 4.51. The van der Waals surface area contributed by atoms with Crippen molar-refractivity contribution in [1.82, 2.24) is 29.5 Å². The van der Waals surface area contributed by atoms with Crippen LogP contribution in [0.4, 0.5) is 0 Å². The third-order valence-electron chi connectivity index (χ3n) is 7.90. The Morgan fingerprint density at radius 1 is 0.463 bits per heavy atom. The van der Waals surface area contributed by atoms with E-state index < -0.39 is 0 Å². The SMILES string of the molecule is c1cnc2c(c1)ccc1ccc(-c3ccc4c(c3)c3cccnc3n4-c3ccc4ccc5cccnc5c4n3)nc12. The summed E-state index contributed by atoms with van der Waals surface area (Å²) in [4.78, 5) is 24.3. The molecule has 0 aliphatic carbocycles. The number of fused-ring (bicyclic) bond motifs is 9. The molecule has 190 valence electrons. The first-order chi connectivity index (χ1) is 20.3. The smallest absolute Gasteiger partial charge is 0.146 e. The zero-order valence-corrected chi connectivity index (χ0v) is 21.7. The van der Waals surface area contributed by atoms with Gasteiger partial charge in [0.1, 0.15) is 11.5 Å². The third kappa shape index (κ3) is 3.28. The molecule has 0 saturated carbocycles. The molecule has 0 bridgehead atoms.